The summed E-state index contributed by atoms with van der Waals surface area (Å²) < 4.78 is 0. The van der Waals surface area contributed by atoms with E-state index in [-0.39, 0.29) is 10.8 Å². The van der Waals surface area contributed by atoms with Crippen LogP contribution in [0.2, 0.25) is 0 Å². The number of aryl methyl sites for hydroxylation is 2. The van der Waals surface area contributed by atoms with Gasteiger partial charge in [0.05, 0.1) is 5.41 Å². The molecule has 3 aliphatic rings. The summed E-state index contributed by atoms with van der Waals surface area (Å²) in [5, 5.41) is 2.81. The van der Waals surface area contributed by atoms with Gasteiger partial charge in [-0.25, -0.2) is 0 Å². The van der Waals surface area contributed by atoms with Gasteiger partial charge in [-0.3, -0.25) is 0 Å². The molecule has 0 aromatic heterocycles. The minimum Gasteiger partial charge on any atom is -0.311 e. The predicted molar refractivity (Wildman–Crippen MR) is 242 cm³/mol. The molecule has 1 unspecified atom stereocenters. The van der Waals surface area contributed by atoms with E-state index in [4.69, 9.17) is 0 Å². The van der Waals surface area contributed by atoms with E-state index >= 15 is 0 Å². The first kappa shape index (κ1) is 35.5. The molecule has 0 aliphatic heterocycles. The Balaban J connectivity index is 1.30. The number of para-hydroxylation sites is 2. The van der Waals surface area contributed by atoms with Gasteiger partial charge in [-0.15, -0.1) is 0 Å². The Bertz CT molecular complexity index is 2800. The van der Waals surface area contributed by atoms with Gasteiger partial charge in [0.15, 0.2) is 0 Å². The van der Waals surface area contributed by atoms with Crippen LogP contribution in [-0.4, -0.2) is 0 Å². The molecular weight excluding hydrogens is 687 g/mol. The topological polar surface area (TPSA) is 3.24 Å². The monoisotopic (exact) mass is 737 g/mol. The number of fused-ring (bicyclic) bond motifs is 8. The van der Waals surface area contributed by atoms with E-state index in [2.05, 4.69) is 211 Å². The van der Waals surface area contributed by atoms with Crippen molar-refractivity contribution >= 4 is 29.2 Å². The molecule has 280 valence electrons. The summed E-state index contributed by atoms with van der Waals surface area (Å²) in [5.41, 5.74) is 20.6. The second-order valence-corrected chi connectivity index (χ2v) is 18.2. The lowest BCUT2D eigenvalue weighted by atomic mass is 9.66. The SMILES string of the molecule is Cc1ccc2c(c1)C(C)(C)c1cc3c(cc1-2)C(c1ccc(N(c2ccccc2)c2ccccc2)cc1)(c1ccc(C(C)(C)C)cc1)c1cc(C)c2c(c1-3)=CCCC=2. The van der Waals surface area contributed by atoms with Crippen molar-refractivity contribution in [1.82, 2.24) is 0 Å². The van der Waals surface area contributed by atoms with Crippen LogP contribution < -0.4 is 15.3 Å². The molecule has 0 spiro atoms. The molecule has 0 amide bonds. The number of hydrogen-bond acceptors (Lipinski definition) is 1. The van der Waals surface area contributed by atoms with E-state index in [1.807, 2.05) is 0 Å². The lowest BCUT2D eigenvalue weighted by Crippen LogP contribution is -2.35. The zero-order valence-electron chi connectivity index (χ0n) is 34.4. The second-order valence-electron chi connectivity index (χ2n) is 18.2. The van der Waals surface area contributed by atoms with Gasteiger partial charge in [-0.05, 0) is 158 Å². The van der Waals surface area contributed by atoms with Gasteiger partial charge in [0.25, 0.3) is 0 Å². The normalized spacial score (nSPS) is 17.0. The lowest BCUT2D eigenvalue weighted by molar-refractivity contribution is 0.589. The highest BCUT2D eigenvalue weighted by Gasteiger charge is 2.49. The van der Waals surface area contributed by atoms with Crippen molar-refractivity contribution in [3.63, 3.8) is 0 Å². The van der Waals surface area contributed by atoms with Crippen LogP contribution in [0.1, 0.15) is 97.5 Å². The van der Waals surface area contributed by atoms with Crippen LogP contribution in [0, 0.1) is 13.8 Å². The zero-order valence-corrected chi connectivity index (χ0v) is 34.4. The van der Waals surface area contributed by atoms with Crippen molar-refractivity contribution in [3.05, 3.63) is 206 Å². The molecule has 10 rings (SSSR count). The van der Waals surface area contributed by atoms with Crippen molar-refractivity contribution in [2.45, 2.75) is 77.6 Å². The van der Waals surface area contributed by atoms with Gasteiger partial charge < -0.3 is 4.90 Å². The van der Waals surface area contributed by atoms with Gasteiger partial charge in [0.1, 0.15) is 0 Å². The summed E-state index contributed by atoms with van der Waals surface area (Å²) in [6, 6.07) is 55.5. The van der Waals surface area contributed by atoms with Crippen LogP contribution in [0.25, 0.3) is 34.4 Å². The highest BCUT2D eigenvalue weighted by atomic mass is 15.1. The van der Waals surface area contributed by atoms with Crippen LogP contribution in [-0.2, 0) is 16.2 Å². The van der Waals surface area contributed by atoms with Gasteiger partial charge >= 0.3 is 0 Å². The van der Waals surface area contributed by atoms with Crippen LogP contribution in [0.15, 0.2) is 146 Å². The third-order valence-electron chi connectivity index (χ3n) is 13.3. The molecule has 0 radical (unpaired) electrons. The van der Waals surface area contributed by atoms with E-state index in [1.54, 1.807) is 0 Å². The molecule has 0 heterocycles. The van der Waals surface area contributed by atoms with E-state index < -0.39 is 5.41 Å². The summed E-state index contributed by atoms with van der Waals surface area (Å²) in [6.45, 7) is 16.3. The Morgan fingerprint density at radius 3 is 1.65 bits per heavy atom. The van der Waals surface area contributed by atoms with E-state index in [0.717, 1.165) is 29.9 Å². The Labute approximate surface area is 338 Å². The molecule has 0 saturated heterocycles. The number of anilines is 3. The summed E-state index contributed by atoms with van der Waals surface area (Å²) >= 11 is 0. The van der Waals surface area contributed by atoms with Crippen LogP contribution in [0.5, 0.6) is 0 Å². The largest absolute Gasteiger partial charge is 0.311 e. The molecule has 57 heavy (non-hydrogen) atoms. The van der Waals surface area contributed by atoms with Crippen molar-refractivity contribution in [1.29, 1.82) is 0 Å². The Kier molecular flexibility index (Phi) is 7.97. The van der Waals surface area contributed by atoms with E-state index in [1.165, 1.54) is 82.8 Å². The summed E-state index contributed by atoms with van der Waals surface area (Å²) in [6.07, 6.45) is 7.16. The summed E-state index contributed by atoms with van der Waals surface area (Å²) in [7, 11) is 0. The smallest absolute Gasteiger partial charge is 0.0714 e. The van der Waals surface area contributed by atoms with Gasteiger partial charge in [0, 0.05) is 22.5 Å². The molecule has 0 fully saturated rings. The van der Waals surface area contributed by atoms with Crippen molar-refractivity contribution in [2.75, 3.05) is 4.90 Å². The fourth-order valence-corrected chi connectivity index (χ4v) is 10.4. The van der Waals surface area contributed by atoms with Crippen molar-refractivity contribution in [3.8, 4) is 22.3 Å². The Morgan fingerprint density at radius 1 is 0.491 bits per heavy atom. The molecule has 3 aliphatic carbocycles. The first-order valence-corrected chi connectivity index (χ1v) is 20.7. The standard InChI is InChI=1S/C56H51N/c1-36-22-31-45-47-34-51-48(35-50(47)55(6,7)49(45)32-36)53-46-21-15-14-20-44(46)37(2)33-52(53)56(51,39-25-23-38(24-26-39)54(3,4)5)40-27-29-43(30-28-40)57(41-16-10-8-11-17-41)42-18-12-9-13-19-42/h8-13,16-35H,14-15H2,1-7H3. The average Bonchev–Trinajstić information content (AvgIpc) is 3.62. The third kappa shape index (κ3) is 5.28. The summed E-state index contributed by atoms with van der Waals surface area (Å²) in [4.78, 5) is 2.37. The van der Waals surface area contributed by atoms with Crippen molar-refractivity contribution < 1.29 is 0 Å². The minimum atomic E-state index is -0.540. The molecule has 1 heteroatoms. The highest BCUT2D eigenvalue weighted by Crippen LogP contribution is 2.60. The van der Waals surface area contributed by atoms with Gasteiger partial charge in [-0.1, -0.05) is 149 Å². The number of hydrogen-bond donors (Lipinski definition) is 0. The summed E-state index contributed by atoms with van der Waals surface area (Å²) in [5.74, 6) is 0. The Morgan fingerprint density at radius 2 is 1.04 bits per heavy atom. The van der Waals surface area contributed by atoms with E-state index in [0.29, 0.717) is 0 Å². The Hall–Kier alpha value is -5.92. The van der Waals surface area contributed by atoms with E-state index in [9.17, 15) is 0 Å². The molecule has 7 aromatic rings. The van der Waals surface area contributed by atoms with Crippen LogP contribution in [0.4, 0.5) is 17.1 Å². The number of nitrogens with zero attached hydrogens (tertiary/aromatic N) is 1. The second kappa shape index (κ2) is 12.8. The maximum atomic E-state index is 2.60. The molecule has 1 nitrogen and oxygen atoms in total. The molecule has 0 saturated carbocycles. The minimum absolute atomic E-state index is 0.0475. The highest BCUT2D eigenvalue weighted by molar-refractivity contribution is 5.93. The van der Waals surface area contributed by atoms with Crippen LogP contribution in [0.3, 0.4) is 0 Å². The molecule has 0 N–H and O–H groups in total. The zero-order chi connectivity index (χ0) is 39.3. The lowest BCUT2D eigenvalue weighted by Gasteiger charge is -2.35. The fraction of sp³-hybridized carbons (Fsp3) is 0.214. The fourth-order valence-electron chi connectivity index (χ4n) is 10.4. The number of rotatable bonds is 5. The predicted octanol–water partition coefficient (Wildman–Crippen LogP) is 13.1. The average molecular weight is 738 g/mol. The molecular formula is C56H51N. The maximum absolute atomic E-state index is 2.60. The molecule has 7 aromatic carbocycles. The molecule has 1 atom stereocenters. The van der Waals surface area contributed by atoms with Gasteiger partial charge in [-0.2, -0.15) is 0 Å². The van der Waals surface area contributed by atoms with Crippen molar-refractivity contribution in [2.24, 2.45) is 0 Å². The van der Waals surface area contributed by atoms with Crippen LogP contribution >= 0.6 is 0 Å². The third-order valence-corrected chi connectivity index (χ3v) is 13.3. The van der Waals surface area contributed by atoms with Gasteiger partial charge in [0.2, 0.25) is 0 Å². The first-order chi connectivity index (χ1) is 27.5. The quantitative estimate of drug-likeness (QED) is 0.170. The maximum Gasteiger partial charge on any atom is 0.0714 e. The number of benzene rings is 7. The molecule has 0 bridgehead atoms. The first-order valence-electron chi connectivity index (χ1n) is 20.7.